The standard InChI is InChI=1S/C25H28F2IN7/c1-17-14-22(30-23(29-17)34-12-8-25(26,27)9-13-34)35-16-20(31-32-35)19-3-2-18(28)15-21(19)33-10-6-24(4-5-24)7-11-33/h2-3,14-16H,4-13H2,1H3. The van der Waals surface area contributed by atoms with Gasteiger partial charge in [0.25, 0.3) is 5.92 Å². The summed E-state index contributed by atoms with van der Waals surface area (Å²) >= 11 is 2.37. The minimum atomic E-state index is -2.61. The number of halogens is 3. The molecule has 7 nitrogen and oxygen atoms in total. The van der Waals surface area contributed by atoms with Gasteiger partial charge in [0.05, 0.1) is 6.20 Å². The molecular formula is C25H28F2IN7. The van der Waals surface area contributed by atoms with Crippen LogP contribution < -0.4 is 9.80 Å². The zero-order chi connectivity index (χ0) is 24.2. The summed E-state index contributed by atoms with van der Waals surface area (Å²) in [4.78, 5) is 13.5. The lowest BCUT2D eigenvalue weighted by Gasteiger charge is -2.35. The van der Waals surface area contributed by atoms with Crippen molar-refractivity contribution < 1.29 is 8.78 Å². The molecule has 1 aromatic carbocycles. The van der Waals surface area contributed by atoms with Gasteiger partial charge in [-0.05, 0) is 78.8 Å². The van der Waals surface area contributed by atoms with E-state index in [9.17, 15) is 8.78 Å². The Morgan fingerprint density at radius 1 is 0.886 bits per heavy atom. The molecule has 4 heterocycles. The fourth-order valence-electron chi connectivity index (χ4n) is 5.21. The monoisotopic (exact) mass is 591 g/mol. The van der Waals surface area contributed by atoms with E-state index >= 15 is 0 Å². The van der Waals surface area contributed by atoms with Gasteiger partial charge in [-0.1, -0.05) is 5.21 Å². The van der Waals surface area contributed by atoms with Crippen molar-refractivity contribution in [1.82, 2.24) is 25.0 Å². The number of benzene rings is 1. The molecule has 3 aliphatic rings. The molecule has 0 amide bonds. The summed E-state index contributed by atoms with van der Waals surface area (Å²) in [6.45, 7) is 4.50. The van der Waals surface area contributed by atoms with E-state index in [1.54, 1.807) is 4.68 Å². The molecule has 2 aromatic heterocycles. The summed E-state index contributed by atoms with van der Waals surface area (Å²) in [6.07, 6.45) is 6.82. The molecule has 0 unspecified atom stereocenters. The summed E-state index contributed by atoms with van der Waals surface area (Å²) in [5, 5.41) is 8.86. The lowest BCUT2D eigenvalue weighted by atomic mass is 9.93. The van der Waals surface area contributed by atoms with Crippen LogP contribution in [0.25, 0.3) is 17.1 Å². The van der Waals surface area contributed by atoms with Crippen LogP contribution in [0.2, 0.25) is 0 Å². The SMILES string of the molecule is Cc1cc(-n2cc(-c3ccc(I)cc3N3CCC4(CC3)CC4)nn2)nc(N2CCC(F)(F)CC2)n1. The highest BCUT2D eigenvalue weighted by Gasteiger charge is 2.44. The van der Waals surface area contributed by atoms with Crippen LogP contribution >= 0.6 is 22.6 Å². The summed E-state index contributed by atoms with van der Waals surface area (Å²) in [5.41, 5.74) is 4.44. The lowest BCUT2D eigenvalue weighted by Crippen LogP contribution is -2.40. The molecule has 0 bridgehead atoms. The van der Waals surface area contributed by atoms with Gasteiger partial charge in [0.2, 0.25) is 5.95 Å². The number of hydrogen-bond donors (Lipinski definition) is 0. The number of rotatable bonds is 4. The van der Waals surface area contributed by atoms with Gasteiger partial charge >= 0.3 is 0 Å². The lowest BCUT2D eigenvalue weighted by molar-refractivity contribution is -0.0222. The molecule has 2 saturated heterocycles. The molecule has 3 aromatic rings. The molecule has 1 spiro atoms. The summed E-state index contributed by atoms with van der Waals surface area (Å²) in [5.74, 6) is -1.56. The Hall–Kier alpha value is -2.37. The van der Waals surface area contributed by atoms with Gasteiger partial charge in [0.1, 0.15) is 5.69 Å². The highest BCUT2D eigenvalue weighted by atomic mass is 127. The van der Waals surface area contributed by atoms with Crippen LogP contribution in [-0.2, 0) is 0 Å². The van der Waals surface area contributed by atoms with Gasteiger partial charge in [0.15, 0.2) is 5.82 Å². The Labute approximate surface area is 217 Å². The van der Waals surface area contributed by atoms with Crippen LogP contribution in [0, 0.1) is 15.9 Å². The van der Waals surface area contributed by atoms with Crippen molar-refractivity contribution >= 4 is 34.2 Å². The fraction of sp³-hybridized carbons (Fsp3) is 0.520. The van der Waals surface area contributed by atoms with Crippen molar-refractivity contribution in [3.8, 4) is 17.1 Å². The smallest absolute Gasteiger partial charge is 0.251 e. The fourth-order valence-corrected chi connectivity index (χ4v) is 5.68. The van der Waals surface area contributed by atoms with E-state index in [1.807, 2.05) is 24.1 Å². The number of nitrogens with zero attached hydrogens (tertiary/aromatic N) is 7. The number of piperidine rings is 2. The van der Waals surface area contributed by atoms with Crippen LogP contribution in [0.3, 0.4) is 0 Å². The van der Waals surface area contributed by atoms with E-state index in [2.05, 4.69) is 66.0 Å². The molecule has 2 aliphatic heterocycles. The molecule has 184 valence electrons. The molecule has 3 fully saturated rings. The van der Waals surface area contributed by atoms with E-state index in [0.29, 0.717) is 17.2 Å². The van der Waals surface area contributed by atoms with E-state index in [0.717, 1.165) is 30.0 Å². The second-order valence-electron chi connectivity index (χ2n) is 10.2. The quantitative estimate of drug-likeness (QED) is 0.387. The first-order valence-electron chi connectivity index (χ1n) is 12.3. The van der Waals surface area contributed by atoms with E-state index < -0.39 is 5.92 Å². The van der Waals surface area contributed by atoms with Crippen LogP contribution in [-0.4, -0.2) is 57.1 Å². The Bertz CT molecular complexity index is 1240. The normalized spacial score (nSPS) is 20.9. The maximum atomic E-state index is 13.6. The van der Waals surface area contributed by atoms with E-state index in [-0.39, 0.29) is 25.9 Å². The number of hydrogen-bond acceptors (Lipinski definition) is 6. The van der Waals surface area contributed by atoms with Gasteiger partial charge in [-0.15, -0.1) is 5.10 Å². The average molecular weight is 591 g/mol. The maximum absolute atomic E-state index is 13.6. The van der Waals surface area contributed by atoms with Crippen molar-refractivity contribution in [3.05, 3.63) is 39.7 Å². The van der Waals surface area contributed by atoms with Crippen LogP contribution in [0.5, 0.6) is 0 Å². The van der Waals surface area contributed by atoms with Gasteiger partial charge in [-0.2, -0.15) is 4.98 Å². The second kappa shape index (κ2) is 8.63. The number of aromatic nitrogens is 5. The Kier molecular flexibility index (Phi) is 5.69. The zero-order valence-electron chi connectivity index (χ0n) is 19.7. The molecular weight excluding hydrogens is 563 g/mol. The third-order valence-electron chi connectivity index (χ3n) is 7.69. The molecule has 0 N–H and O–H groups in total. The Morgan fingerprint density at radius 3 is 2.31 bits per heavy atom. The van der Waals surface area contributed by atoms with Crippen molar-refractivity contribution in [2.75, 3.05) is 36.0 Å². The first-order chi connectivity index (χ1) is 16.8. The van der Waals surface area contributed by atoms with Crippen LogP contribution in [0.4, 0.5) is 20.4 Å². The first kappa shape index (κ1) is 23.1. The third kappa shape index (κ3) is 4.73. The minimum absolute atomic E-state index is 0.180. The largest absolute Gasteiger partial charge is 0.371 e. The minimum Gasteiger partial charge on any atom is -0.371 e. The molecule has 1 saturated carbocycles. The average Bonchev–Trinajstić information content (AvgIpc) is 3.39. The Balaban J connectivity index is 1.28. The van der Waals surface area contributed by atoms with Crippen molar-refractivity contribution in [2.45, 2.75) is 51.4 Å². The van der Waals surface area contributed by atoms with E-state index in [4.69, 9.17) is 0 Å². The summed E-state index contributed by atoms with van der Waals surface area (Å²) in [6, 6.07) is 8.30. The second-order valence-corrected chi connectivity index (χ2v) is 11.5. The van der Waals surface area contributed by atoms with Gasteiger partial charge in [0, 0.05) is 65.6 Å². The third-order valence-corrected chi connectivity index (χ3v) is 8.36. The molecule has 35 heavy (non-hydrogen) atoms. The zero-order valence-corrected chi connectivity index (χ0v) is 21.9. The van der Waals surface area contributed by atoms with Crippen LogP contribution in [0.15, 0.2) is 30.5 Å². The molecule has 1 aliphatic carbocycles. The van der Waals surface area contributed by atoms with Gasteiger partial charge in [-0.25, -0.2) is 18.4 Å². The Morgan fingerprint density at radius 2 is 1.60 bits per heavy atom. The predicted molar refractivity (Wildman–Crippen MR) is 139 cm³/mol. The molecule has 6 rings (SSSR count). The van der Waals surface area contributed by atoms with E-state index in [1.165, 1.54) is 34.9 Å². The summed E-state index contributed by atoms with van der Waals surface area (Å²) in [7, 11) is 0. The number of anilines is 2. The van der Waals surface area contributed by atoms with Crippen molar-refractivity contribution in [1.29, 1.82) is 0 Å². The number of alkyl halides is 2. The van der Waals surface area contributed by atoms with Crippen molar-refractivity contribution in [3.63, 3.8) is 0 Å². The molecule has 0 atom stereocenters. The highest BCUT2D eigenvalue weighted by molar-refractivity contribution is 14.1. The molecule has 10 heteroatoms. The summed E-state index contributed by atoms with van der Waals surface area (Å²) < 4.78 is 30.1. The van der Waals surface area contributed by atoms with Gasteiger partial charge < -0.3 is 9.80 Å². The van der Waals surface area contributed by atoms with Crippen molar-refractivity contribution in [2.24, 2.45) is 5.41 Å². The maximum Gasteiger partial charge on any atom is 0.251 e. The first-order valence-corrected chi connectivity index (χ1v) is 13.3. The van der Waals surface area contributed by atoms with Gasteiger partial charge in [-0.3, -0.25) is 0 Å². The number of aryl methyl sites for hydroxylation is 1. The topological polar surface area (TPSA) is 63.0 Å². The predicted octanol–water partition coefficient (Wildman–Crippen LogP) is 5.25. The molecule has 0 radical (unpaired) electrons. The van der Waals surface area contributed by atoms with Crippen LogP contribution in [0.1, 0.15) is 44.2 Å². The highest BCUT2D eigenvalue weighted by Crippen LogP contribution is 2.54.